The highest BCUT2D eigenvalue weighted by Gasteiger charge is 2.30. The van der Waals surface area contributed by atoms with Crippen LogP contribution in [-0.2, 0) is 10.0 Å². The molecule has 7 nitrogen and oxygen atoms in total. The zero-order valence-electron chi connectivity index (χ0n) is 18.1. The molecule has 0 radical (unpaired) electrons. The average Bonchev–Trinajstić information content (AvgIpc) is 2.74. The molecule has 0 saturated carbocycles. The van der Waals surface area contributed by atoms with Gasteiger partial charge in [0.2, 0.25) is 10.0 Å². The number of rotatable bonds is 4. The van der Waals surface area contributed by atoms with Crippen LogP contribution in [0.1, 0.15) is 37.3 Å². The Morgan fingerprint density at radius 2 is 1.60 bits per heavy atom. The maximum Gasteiger partial charge on any atom is 0.243 e. The second-order valence-electron chi connectivity index (χ2n) is 8.45. The summed E-state index contributed by atoms with van der Waals surface area (Å²) in [5.74, 6) is 1.74. The van der Waals surface area contributed by atoms with E-state index in [0.29, 0.717) is 37.1 Å². The predicted octanol–water partition coefficient (Wildman–Crippen LogP) is 2.98. The lowest BCUT2D eigenvalue weighted by Crippen LogP contribution is -2.49. The first kappa shape index (κ1) is 21.1. The van der Waals surface area contributed by atoms with Gasteiger partial charge in [-0.1, -0.05) is 17.7 Å². The topological polar surface area (TPSA) is 69.6 Å². The van der Waals surface area contributed by atoms with Gasteiger partial charge < -0.3 is 9.80 Å². The van der Waals surface area contributed by atoms with Gasteiger partial charge in [-0.2, -0.15) is 4.31 Å². The second kappa shape index (κ2) is 8.51. The first-order valence-corrected chi connectivity index (χ1v) is 12.2. The summed E-state index contributed by atoms with van der Waals surface area (Å²) >= 11 is 0. The number of piperidine rings is 1. The molecule has 2 aromatic rings. The van der Waals surface area contributed by atoms with Crippen LogP contribution < -0.4 is 9.80 Å². The van der Waals surface area contributed by atoms with Gasteiger partial charge in [0.1, 0.15) is 0 Å². The summed E-state index contributed by atoms with van der Waals surface area (Å²) in [5, 5.41) is 8.91. The van der Waals surface area contributed by atoms with Crippen molar-refractivity contribution in [1.29, 1.82) is 0 Å². The van der Waals surface area contributed by atoms with Crippen LogP contribution in [0, 0.1) is 13.8 Å². The normalized spacial score (nSPS) is 21.1. The van der Waals surface area contributed by atoms with Crippen LogP contribution in [-0.4, -0.2) is 61.7 Å². The number of sulfonamides is 1. The molecule has 0 bridgehead atoms. The Hall–Kier alpha value is -2.19. The van der Waals surface area contributed by atoms with Crippen molar-refractivity contribution >= 4 is 21.7 Å². The lowest BCUT2D eigenvalue weighted by molar-refractivity contribution is 0.383. The van der Waals surface area contributed by atoms with Gasteiger partial charge in [0.15, 0.2) is 11.6 Å². The van der Waals surface area contributed by atoms with E-state index in [1.165, 1.54) is 19.3 Å². The highest BCUT2D eigenvalue weighted by molar-refractivity contribution is 7.89. The molecule has 3 heterocycles. The van der Waals surface area contributed by atoms with E-state index in [9.17, 15) is 8.42 Å². The minimum Gasteiger partial charge on any atom is -0.352 e. The minimum absolute atomic E-state index is 0.404. The first-order valence-electron chi connectivity index (χ1n) is 10.8. The predicted molar refractivity (Wildman–Crippen MR) is 120 cm³/mol. The Morgan fingerprint density at radius 3 is 2.23 bits per heavy atom. The van der Waals surface area contributed by atoms with E-state index < -0.39 is 10.0 Å². The summed E-state index contributed by atoms with van der Waals surface area (Å²) in [7, 11) is -3.48. The van der Waals surface area contributed by atoms with E-state index in [-0.39, 0.29) is 0 Å². The number of anilines is 2. The van der Waals surface area contributed by atoms with Crippen molar-refractivity contribution in [2.24, 2.45) is 0 Å². The third-order valence-electron chi connectivity index (χ3n) is 6.24. The molecule has 2 aliphatic heterocycles. The van der Waals surface area contributed by atoms with E-state index in [1.807, 2.05) is 38.1 Å². The van der Waals surface area contributed by atoms with Crippen molar-refractivity contribution < 1.29 is 8.42 Å². The third kappa shape index (κ3) is 4.16. The third-order valence-corrected chi connectivity index (χ3v) is 8.30. The zero-order chi connectivity index (χ0) is 21.3. The van der Waals surface area contributed by atoms with Crippen LogP contribution >= 0.6 is 0 Å². The highest BCUT2D eigenvalue weighted by Crippen LogP contribution is 2.25. The summed E-state index contributed by atoms with van der Waals surface area (Å²) in [5.41, 5.74) is 1.86. The van der Waals surface area contributed by atoms with E-state index >= 15 is 0 Å². The molecule has 2 saturated heterocycles. The molecule has 0 N–H and O–H groups in total. The average molecular weight is 430 g/mol. The zero-order valence-corrected chi connectivity index (χ0v) is 18.9. The van der Waals surface area contributed by atoms with Gasteiger partial charge in [0.25, 0.3) is 0 Å². The van der Waals surface area contributed by atoms with Crippen molar-refractivity contribution in [2.45, 2.75) is 51.0 Å². The Balaban J connectivity index is 1.42. The Morgan fingerprint density at radius 1 is 0.900 bits per heavy atom. The van der Waals surface area contributed by atoms with Crippen LogP contribution in [0.25, 0.3) is 0 Å². The molecule has 0 aliphatic carbocycles. The van der Waals surface area contributed by atoms with Crippen molar-refractivity contribution in [2.75, 3.05) is 42.5 Å². The van der Waals surface area contributed by atoms with Gasteiger partial charge in [-0.3, -0.25) is 0 Å². The van der Waals surface area contributed by atoms with Crippen molar-refractivity contribution in [3.63, 3.8) is 0 Å². The summed E-state index contributed by atoms with van der Waals surface area (Å²) in [6, 6.07) is 10.1. The standard InChI is InChI=1S/C22H31N5O2S/c1-17-7-8-20(18(2)16-17)30(28,29)26-14-12-25(13-15-26)21-9-10-22(24-23-21)27-11-5-4-6-19(27)3/h7-10,16,19H,4-6,11-15H2,1-3H3. The fourth-order valence-corrected chi connectivity index (χ4v) is 6.09. The van der Waals surface area contributed by atoms with Gasteiger partial charge >= 0.3 is 0 Å². The summed E-state index contributed by atoms with van der Waals surface area (Å²) in [4.78, 5) is 4.85. The number of nitrogens with zero attached hydrogens (tertiary/aromatic N) is 5. The van der Waals surface area contributed by atoms with Gasteiger partial charge in [0.05, 0.1) is 4.90 Å². The number of aryl methyl sites for hydroxylation is 2. The lowest BCUT2D eigenvalue weighted by Gasteiger charge is -2.36. The van der Waals surface area contributed by atoms with Gasteiger partial charge in [-0.15, -0.1) is 10.2 Å². The van der Waals surface area contributed by atoms with E-state index in [4.69, 9.17) is 0 Å². The highest BCUT2D eigenvalue weighted by atomic mass is 32.2. The Bertz CT molecular complexity index is 985. The second-order valence-corrected chi connectivity index (χ2v) is 10.4. The Kier molecular flexibility index (Phi) is 5.97. The van der Waals surface area contributed by atoms with Crippen molar-refractivity contribution in [3.05, 3.63) is 41.5 Å². The number of piperazine rings is 1. The van der Waals surface area contributed by atoms with Crippen LogP contribution in [0.5, 0.6) is 0 Å². The summed E-state index contributed by atoms with van der Waals surface area (Å²) in [6.07, 6.45) is 3.67. The lowest BCUT2D eigenvalue weighted by atomic mass is 10.0. The SMILES string of the molecule is Cc1ccc(S(=O)(=O)N2CCN(c3ccc(N4CCCCC4C)nn3)CC2)c(C)c1. The minimum atomic E-state index is -3.48. The summed E-state index contributed by atoms with van der Waals surface area (Å²) < 4.78 is 27.8. The monoisotopic (exact) mass is 429 g/mol. The molecule has 0 spiro atoms. The molecule has 0 amide bonds. The molecule has 2 fully saturated rings. The Labute approximate surface area is 179 Å². The number of hydrogen-bond acceptors (Lipinski definition) is 6. The van der Waals surface area contributed by atoms with E-state index in [1.54, 1.807) is 10.4 Å². The van der Waals surface area contributed by atoms with Gasteiger partial charge in [0, 0.05) is 38.8 Å². The molecule has 4 rings (SSSR count). The number of hydrogen-bond donors (Lipinski definition) is 0. The molecular formula is C22H31N5O2S. The largest absolute Gasteiger partial charge is 0.352 e. The quantitative estimate of drug-likeness (QED) is 0.744. The molecule has 1 aromatic heterocycles. The first-order chi connectivity index (χ1) is 14.4. The van der Waals surface area contributed by atoms with Crippen LogP contribution in [0.15, 0.2) is 35.2 Å². The van der Waals surface area contributed by atoms with Crippen molar-refractivity contribution in [1.82, 2.24) is 14.5 Å². The van der Waals surface area contributed by atoms with Gasteiger partial charge in [-0.25, -0.2) is 8.42 Å². The fraction of sp³-hybridized carbons (Fsp3) is 0.545. The van der Waals surface area contributed by atoms with Crippen LogP contribution in [0.2, 0.25) is 0 Å². The smallest absolute Gasteiger partial charge is 0.243 e. The van der Waals surface area contributed by atoms with Crippen LogP contribution in [0.3, 0.4) is 0 Å². The molecule has 1 atom stereocenters. The molecule has 30 heavy (non-hydrogen) atoms. The molecule has 2 aliphatic rings. The number of benzene rings is 1. The van der Waals surface area contributed by atoms with Gasteiger partial charge in [-0.05, 0) is 63.8 Å². The molecule has 1 unspecified atom stereocenters. The maximum atomic E-state index is 13.1. The van der Waals surface area contributed by atoms with E-state index in [2.05, 4.69) is 26.9 Å². The summed E-state index contributed by atoms with van der Waals surface area (Å²) in [6.45, 7) is 9.21. The molecule has 8 heteroatoms. The number of aromatic nitrogens is 2. The van der Waals surface area contributed by atoms with Crippen LogP contribution in [0.4, 0.5) is 11.6 Å². The fourth-order valence-electron chi connectivity index (χ4n) is 4.46. The molecule has 1 aromatic carbocycles. The van der Waals surface area contributed by atoms with Crippen molar-refractivity contribution in [3.8, 4) is 0 Å². The maximum absolute atomic E-state index is 13.1. The molecule has 162 valence electrons. The molecular weight excluding hydrogens is 398 g/mol. The van der Waals surface area contributed by atoms with E-state index in [0.717, 1.165) is 29.3 Å².